The van der Waals surface area contributed by atoms with E-state index < -0.39 is 5.82 Å². The van der Waals surface area contributed by atoms with Crippen LogP contribution in [0.15, 0.2) is 42.5 Å². The normalized spacial score (nSPS) is 17.3. The molecule has 3 nitrogen and oxygen atoms in total. The molecule has 3 rings (SSSR count). The molecule has 0 unspecified atom stereocenters. The summed E-state index contributed by atoms with van der Waals surface area (Å²) in [4.78, 5) is 14.4. The number of carbonyl (C=O) groups excluding carboxylic acids is 1. The Kier molecular flexibility index (Phi) is 4.53. The third kappa shape index (κ3) is 3.48. The highest BCUT2D eigenvalue weighted by Gasteiger charge is 2.29. The Morgan fingerprint density at radius 2 is 2.00 bits per heavy atom. The van der Waals surface area contributed by atoms with Crippen molar-refractivity contribution in [3.05, 3.63) is 64.4 Å². The van der Waals surface area contributed by atoms with E-state index >= 15 is 0 Å². The molecule has 5 heteroatoms. The Morgan fingerprint density at radius 3 is 2.70 bits per heavy atom. The van der Waals surface area contributed by atoms with Gasteiger partial charge >= 0.3 is 6.03 Å². The molecule has 1 heterocycles. The Bertz CT molecular complexity index is 717. The van der Waals surface area contributed by atoms with Crippen LogP contribution in [0.5, 0.6) is 0 Å². The Balaban J connectivity index is 1.75. The SMILES string of the molecule is Cc1ccc([C@H]2CCCN2C(=O)Nc2ccc(F)c(Cl)c2)cc1. The van der Waals surface area contributed by atoms with Gasteiger partial charge in [0.25, 0.3) is 0 Å². The van der Waals surface area contributed by atoms with Crippen molar-refractivity contribution in [1.82, 2.24) is 4.90 Å². The zero-order valence-corrected chi connectivity index (χ0v) is 13.6. The van der Waals surface area contributed by atoms with E-state index in [1.807, 2.05) is 11.8 Å². The van der Waals surface area contributed by atoms with Crippen LogP contribution in [0.4, 0.5) is 14.9 Å². The van der Waals surface area contributed by atoms with Crippen LogP contribution in [-0.4, -0.2) is 17.5 Å². The second kappa shape index (κ2) is 6.59. The standard InChI is InChI=1S/C18H18ClFN2O/c1-12-4-6-13(7-5-12)17-3-2-10-22(17)18(23)21-14-8-9-16(20)15(19)11-14/h4-9,11,17H,2-3,10H2,1H3,(H,21,23)/t17-/m1/s1. The second-order valence-corrected chi connectivity index (χ2v) is 6.23. The largest absolute Gasteiger partial charge is 0.322 e. The molecule has 1 atom stereocenters. The van der Waals surface area contributed by atoms with Crippen LogP contribution >= 0.6 is 11.6 Å². The lowest BCUT2D eigenvalue weighted by Crippen LogP contribution is -2.34. The van der Waals surface area contributed by atoms with Crippen LogP contribution < -0.4 is 5.32 Å². The molecule has 0 spiro atoms. The molecule has 0 bridgehead atoms. The van der Waals surface area contributed by atoms with E-state index in [0.29, 0.717) is 12.2 Å². The number of nitrogens with one attached hydrogen (secondary N) is 1. The third-order valence-electron chi connectivity index (χ3n) is 4.15. The fourth-order valence-electron chi connectivity index (χ4n) is 2.91. The molecule has 0 radical (unpaired) electrons. The van der Waals surface area contributed by atoms with Gasteiger partial charge in [-0.2, -0.15) is 0 Å². The molecule has 1 aliphatic rings. The van der Waals surface area contributed by atoms with Crippen molar-refractivity contribution in [2.45, 2.75) is 25.8 Å². The van der Waals surface area contributed by atoms with E-state index in [0.717, 1.165) is 18.4 Å². The van der Waals surface area contributed by atoms with Gasteiger partial charge in [0.1, 0.15) is 5.82 Å². The minimum atomic E-state index is -0.497. The molecular formula is C18H18ClFN2O. The van der Waals surface area contributed by atoms with Crippen LogP contribution in [0.2, 0.25) is 5.02 Å². The van der Waals surface area contributed by atoms with Crippen molar-refractivity contribution < 1.29 is 9.18 Å². The van der Waals surface area contributed by atoms with Gasteiger partial charge in [0.05, 0.1) is 11.1 Å². The maximum absolute atomic E-state index is 13.2. The Labute approximate surface area is 140 Å². The predicted octanol–water partition coefficient (Wildman–Crippen LogP) is 5.16. The van der Waals surface area contributed by atoms with Gasteiger partial charge in [-0.15, -0.1) is 0 Å². The third-order valence-corrected chi connectivity index (χ3v) is 4.44. The summed E-state index contributed by atoms with van der Waals surface area (Å²) in [6.45, 7) is 2.75. The molecule has 1 aliphatic heterocycles. The first-order chi connectivity index (χ1) is 11.0. The highest BCUT2D eigenvalue weighted by atomic mass is 35.5. The van der Waals surface area contributed by atoms with Crippen molar-refractivity contribution in [3.8, 4) is 0 Å². The predicted molar refractivity (Wildman–Crippen MR) is 90.3 cm³/mol. The molecule has 2 aromatic rings. The van der Waals surface area contributed by atoms with Gasteiger partial charge in [-0.3, -0.25) is 0 Å². The summed E-state index contributed by atoms with van der Waals surface area (Å²) in [6.07, 6.45) is 1.91. The highest BCUT2D eigenvalue weighted by molar-refractivity contribution is 6.31. The molecule has 1 saturated heterocycles. The molecule has 120 valence electrons. The van der Waals surface area contributed by atoms with E-state index in [1.54, 1.807) is 0 Å². The first-order valence-electron chi connectivity index (χ1n) is 7.64. The average Bonchev–Trinajstić information content (AvgIpc) is 3.01. The molecule has 0 aliphatic carbocycles. The number of anilines is 1. The number of urea groups is 1. The lowest BCUT2D eigenvalue weighted by molar-refractivity contribution is 0.207. The average molecular weight is 333 g/mol. The highest BCUT2D eigenvalue weighted by Crippen LogP contribution is 2.32. The van der Waals surface area contributed by atoms with Crippen LogP contribution in [0.3, 0.4) is 0 Å². The van der Waals surface area contributed by atoms with Crippen molar-refractivity contribution >= 4 is 23.3 Å². The van der Waals surface area contributed by atoms with Gasteiger partial charge in [-0.25, -0.2) is 9.18 Å². The zero-order valence-electron chi connectivity index (χ0n) is 12.9. The number of halogens is 2. The number of likely N-dealkylation sites (tertiary alicyclic amines) is 1. The minimum Gasteiger partial charge on any atom is -0.317 e. The van der Waals surface area contributed by atoms with E-state index in [4.69, 9.17) is 11.6 Å². The maximum Gasteiger partial charge on any atom is 0.322 e. The summed E-state index contributed by atoms with van der Waals surface area (Å²) < 4.78 is 13.2. The topological polar surface area (TPSA) is 32.3 Å². The summed E-state index contributed by atoms with van der Waals surface area (Å²) in [5, 5.41) is 2.80. The number of hydrogen-bond acceptors (Lipinski definition) is 1. The number of nitrogens with zero attached hydrogens (tertiary/aromatic N) is 1. The fourth-order valence-corrected chi connectivity index (χ4v) is 3.09. The van der Waals surface area contributed by atoms with Crippen molar-refractivity contribution in [3.63, 3.8) is 0 Å². The molecule has 2 aromatic carbocycles. The Morgan fingerprint density at radius 1 is 1.26 bits per heavy atom. The van der Waals surface area contributed by atoms with E-state index in [2.05, 4.69) is 29.6 Å². The van der Waals surface area contributed by atoms with Gasteiger partial charge in [-0.1, -0.05) is 41.4 Å². The molecular weight excluding hydrogens is 315 g/mol. The monoisotopic (exact) mass is 332 g/mol. The van der Waals surface area contributed by atoms with E-state index in [9.17, 15) is 9.18 Å². The first kappa shape index (κ1) is 15.8. The number of rotatable bonds is 2. The summed E-state index contributed by atoms with van der Waals surface area (Å²) in [5.74, 6) is -0.497. The number of hydrogen-bond donors (Lipinski definition) is 1. The lowest BCUT2D eigenvalue weighted by atomic mass is 10.0. The minimum absolute atomic E-state index is 0.000642. The summed E-state index contributed by atoms with van der Waals surface area (Å²) >= 11 is 5.76. The van der Waals surface area contributed by atoms with Gasteiger partial charge in [0.2, 0.25) is 0 Å². The van der Waals surface area contributed by atoms with Crippen LogP contribution in [0, 0.1) is 12.7 Å². The number of benzene rings is 2. The van der Waals surface area contributed by atoms with Gasteiger partial charge in [0, 0.05) is 12.2 Å². The smallest absolute Gasteiger partial charge is 0.317 e. The summed E-state index contributed by atoms with van der Waals surface area (Å²) in [6, 6.07) is 12.3. The molecule has 0 aromatic heterocycles. The fraction of sp³-hybridized carbons (Fsp3) is 0.278. The zero-order chi connectivity index (χ0) is 16.4. The molecule has 23 heavy (non-hydrogen) atoms. The van der Waals surface area contributed by atoms with E-state index in [1.165, 1.54) is 23.8 Å². The van der Waals surface area contributed by atoms with Gasteiger partial charge < -0.3 is 10.2 Å². The van der Waals surface area contributed by atoms with Crippen LogP contribution in [0.25, 0.3) is 0 Å². The van der Waals surface area contributed by atoms with Crippen molar-refractivity contribution in [1.29, 1.82) is 0 Å². The van der Waals surface area contributed by atoms with Crippen LogP contribution in [-0.2, 0) is 0 Å². The first-order valence-corrected chi connectivity index (χ1v) is 8.01. The molecule has 0 saturated carbocycles. The maximum atomic E-state index is 13.2. The van der Waals surface area contributed by atoms with Crippen molar-refractivity contribution in [2.24, 2.45) is 0 Å². The summed E-state index contributed by atoms with van der Waals surface area (Å²) in [7, 11) is 0. The molecule has 1 fully saturated rings. The van der Waals surface area contributed by atoms with Gasteiger partial charge in [-0.05, 0) is 43.5 Å². The van der Waals surface area contributed by atoms with Crippen LogP contribution in [0.1, 0.15) is 30.0 Å². The Hall–Kier alpha value is -2.07. The van der Waals surface area contributed by atoms with E-state index in [-0.39, 0.29) is 17.1 Å². The molecule has 1 N–H and O–H groups in total. The van der Waals surface area contributed by atoms with Gasteiger partial charge in [0.15, 0.2) is 0 Å². The molecule has 2 amide bonds. The second-order valence-electron chi connectivity index (χ2n) is 5.82. The number of amides is 2. The number of carbonyl (C=O) groups is 1. The quantitative estimate of drug-likeness (QED) is 0.809. The number of aryl methyl sites for hydroxylation is 1. The summed E-state index contributed by atoms with van der Waals surface area (Å²) in [5.41, 5.74) is 2.83. The van der Waals surface area contributed by atoms with Crippen molar-refractivity contribution in [2.75, 3.05) is 11.9 Å². The lowest BCUT2D eigenvalue weighted by Gasteiger charge is -2.25.